The first-order chi connectivity index (χ1) is 13.5. The van der Waals surface area contributed by atoms with Gasteiger partial charge in [-0.05, 0) is 50.2 Å². The van der Waals surface area contributed by atoms with E-state index < -0.39 is 0 Å². The van der Waals surface area contributed by atoms with E-state index in [0.717, 1.165) is 22.1 Å². The van der Waals surface area contributed by atoms with Gasteiger partial charge in [0.15, 0.2) is 17.5 Å². The zero-order valence-electron chi connectivity index (χ0n) is 15.7. The first kappa shape index (κ1) is 19.6. The summed E-state index contributed by atoms with van der Waals surface area (Å²) in [6.45, 7) is 3.82. The van der Waals surface area contributed by atoms with E-state index in [1.807, 2.05) is 48.7 Å². The van der Waals surface area contributed by atoms with Crippen molar-refractivity contribution in [1.82, 2.24) is 10.3 Å². The van der Waals surface area contributed by atoms with E-state index in [2.05, 4.69) is 15.6 Å². The van der Waals surface area contributed by atoms with Crippen molar-refractivity contribution in [2.24, 2.45) is 0 Å². The van der Waals surface area contributed by atoms with Crippen LogP contribution in [0.1, 0.15) is 28.5 Å². The van der Waals surface area contributed by atoms with Crippen LogP contribution in [0.4, 0.5) is 10.8 Å². The van der Waals surface area contributed by atoms with Crippen molar-refractivity contribution in [3.8, 4) is 5.75 Å². The van der Waals surface area contributed by atoms with Gasteiger partial charge in [0.2, 0.25) is 0 Å². The van der Waals surface area contributed by atoms with Gasteiger partial charge in [-0.3, -0.25) is 9.59 Å². The van der Waals surface area contributed by atoms with Gasteiger partial charge in [0, 0.05) is 16.6 Å². The molecule has 144 valence electrons. The summed E-state index contributed by atoms with van der Waals surface area (Å²) in [4.78, 5) is 27.7. The Morgan fingerprint density at radius 3 is 2.46 bits per heavy atom. The lowest BCUT2D eigenvalue weighted by molar-refractivity contribution is -0.123. The predicted octanol–water partition coefficient (Wildman–Crippen LogP) is 4.09. The molecule has 0 aliphatic heterocycles. The summed E-state index contributed by atoms with van der Waals surface area (Å²) in [6.07, 6.45) is 0. The van der Waals surface area contributed by atoms with Gasteiger partial charge < -0.3 is 15.4 Å². The van der Waals surface area contributed by atoms with Gasteiger partial charge in [-0.15, -0.1) is 11.3 Å². The van der Waals surface area contributed by atoms with Gasteiger partial charge in [-0.25, -0.2) is 4.98 Å². The number of nitrogens with one attached hydrogen (secondary N) is 2. The van der Waals surface area contributed by atoms with E-state index in [-0.39, 0.29) is 18.3 Å². The minimum atomic E-state index is -0.206. The Bertz CT molecular complexity index is 950. The van der Waals surface area contributed by atoms with Crippen molar-refractivity contribution in [1.29, 1.82) is 0 Å². The Balaban J connectivity index is 1.45. The van der Waals surface area contributed by atoms with Crippen LogP contribution in [0.2, 0.25) is 0 Å². The van der Waals surface area contributed by atoms with Crippen molar-refractivity contribution in [2.45, 2.75) is 20.4 Å². The molecule has 2 N–H and O–H groups in total. The summed E-state index contributed by atoms with van der Waals surface area (Å²) in [5, 5.41) is 8.58. The largest absolute Gasteiger partial charge is 0.484 e. The van der Waals surface area contributed by atoms with Crippen LogP contribution in [-0.2, 0) is 11.3 Å². The molecule has 0 unspecified atom stereocenters. The normalized spacial score (nSPS) is 10.4. The van der Waals surface area contributed by atoms with Crippen LogP contribution in [0.15, 0.2) is 53.9 Å². The molecule has 0 saturated carbocycles. The Labute approximate surface area is 167 Å². The third-order valence-corrected chi connectivity index (χ3v) is 4.76. The van der Waals surface area contributed by atoms with Crippen LogP contribution < -0.4 is 15.4 Å². The minimum Gasteiger partial charge on any atom is -0.484 e. The number of aromatic nitrogens is 1. The average molecular weight is 395 g/mol. The Kier molecular flexibility index (Phi) is 6.39. The predicted molar refractivity (Wildman–Crippen MR) is 110 cm³/mol. The van der Waals surface area contributed by atoms with Crippen molar-refractivity contribution < 1.29 is 14.3 Å². The molecule has 0 bridgehead atoms. The molecule has 7 heteroatoms. The maximum atomic E-state index is 11.9. The third kappa shape index (κ3) is 5.65. The van der Waals surface area contributed by atoms with Gasteiger partial charge in [-0.1, -0.05) is 17.7 Å². The number of anilines is 2. The molecule has 0 atom stereocenters. The summed E-state index contributed by atoms with van der Waals surface area (Å²) >= 11 is 1.45. The van der Waals surface area contributed by atoms with Crippen LogP contribution in [0, 0.1) is 6.92 Å². The topological polar surface area (TPSA) is 80.3 Å². The second kappa shape index (κ2) is 9.14. The summed E-state index contributed by atoms with van der Waals surface area (Å²) in [5.74, 6) is 0.491. The molecular weight excluding hydrogens is 374 g/mol. The summed E-state index contributed by atoms with van der Waals surface area (Å²) in [6, 6.07) is 14.8. The number of rotatable bonds is 8. The number of hydrogen-bond acceptors (Lipinski definition) is 6. The highest BCUT2D eigenvalue weighted by Gasteiger charge is 2.07. The van der Waals surface area contributed by atoms with E-state index in [1.165, 1.54) is 18.3 Å². The van der Waals surface area contributed by atoms with E-state index in [4.69, 9.17) is 4.74 Å². The lowest BCUT2D eigenvalue weighted by Crippen LogP contribution is -2.28. The summed E-state index contributed by atoms with van der Waals surface area (Å²) < 4.78 is 5.46. The number of aryl methyl sites for hydroxylation is 1. The number of hydrogen-bond donors (Lipinski definition) is 2. The molecule has 28 heavy (non-hydrogen) atoms. The molecule has 0 radical (unpaired) electrons. The Morgan fingerprint density at radius 2 is 1.79 bits per heavy atom. The van der Waals surface area contributed by atoms with Crippen molar-refractivity contribution in [2.75, 3.05) is 11.9 Å². The number of carbonyl (C=O) groups excluding carboxylic acids is 2. The second-order valence-corrected chi connectivity index (χ2v) is 7.14. The number of carbonyl (C=O) groups is 2. The highest BCUT2D eigenvalue weighted by Crippen LogP contribution is 2.21. The van der Waals surface area contributed by atoms with Gasteiger partial charge in [-0.2, -0.15) is 0 Å². The molecule has 1 amide bonds. The molecule has 3 aromatic rings. The Hall–Kier alpha value is -3.19. The zero-order valence-corrected chi connectivity index (χ0v) is 16.5. The van der Waals surface area contributed by atoms with Gasteiger partial charge >= 0.3 is 0 Å². The van der Waals surface area contributed by atoms with Gasteiger partial charge in [0.05, 0.1) is 12.2 Å². The number of ether oxygens (including phenoxy) is 1. The van der Waals surface area contributed by atoms with Crippen LogP contribution in [0.5, 0.6) is 5.75 Å². The summed E-state index contributed by atoms with van der Waals surface area (Å²) in [7, 11) is 0. The van der Waals surface area contributed by atoms with E-state index in [9.17, 15) is 9.59 Å². The SMILES string of the molecule is CC(=O)c1ccc(Nc2nc(CNC(=O)COc3ccc(C)cc3)cs2)cc1. The lowest BCUT2D eigenvalue weighted by atomic mass is 10.1. The maximum absolute atomic E-state index is 11.9. The number of thiazole rings is 1. The third-order valence-electron chi connectivity index (χ3n) is 3.95. The quantitative estimate of drug-likeness (QED) is 0.562. The highest BCUT2D eigenvalue weighted by atomic mass is 32.1. The fraction of sp³-hybridized carbons (Fsp3) is 0.190. The first-order valence-corrected chi connectivity index (χ1v) is 9.66. The van der Waals surface area contributed by atoms with Gasteiger partial charge in [0.1, 0.15) is 5.75 Å². The fourth-order valence-electron chi connectivity index (χ4n) is 2.38. The molecule has 2 aromatic carbocycles. The molecule has 6 nitrogen and oxygen atoms in total. The van der Waals surface area contributed by atoms with Gasteiger partial charge in [0.25, 0.3) is 5.91 Å². The van der Waals surface area contributed by atoms with Crippen molar-refractivity contribution in [3.05, 3.63) is 70.7 Å². The zero-order chi connectivity index (χ0) is 19.9. The Morgan fingerprint density at radius 1 is 1.07 bits per heavy atom. The molecule has 1 heterocycles. The molecule has 0 saturated heterocycles. The second-order valence-electron chi connectivity index (χ2n) is 6.28. The fourth-order valence-corrected chi connectivity index (χ4v) is 3.11. The molecule has 0 fully saturated rings. The number of amides is 1. The van der Waals surface area contributed by atoms with Crippen molar-refractivity contribution in [3.63, 3.8) is 0 Å². The molecule has 0 aliphatic carbocycles. The standard InChI is InChI=1S/C21H21N3O3S/c1-14-3-9-19(10-4-14)27-12-20(26)22-11-18-13-28-21(24-18)23-17-7-5-16(6-8-17)15(2)25/h3-10,13H,11-12H2,1-2H3,(H,22,26)(H,23,24). The monoisotopic (exact) mass is 395 g/mol. The van der Waals surface area contributed by atoms with Crippen LogP contribution in [-0.4, -0.2) is 23.3 Å². The number of nitrogens with zero attached hydrogens (tertiary/aromatic N) is 1. The molecule has 0 spiro atoms. The minimum absolute atomic E-state index is 0.0326. The highest BCUT2D eigenvalue weighted by molar-refractivity contribution is 7.13. The number of Topliss-reactive ketones (excluding diaryl/α,β-unsaturated/α-hetero) is 1. The van der Waals surface area contributed by atoms with E-state index in [0.29, 0.717) is 17.9 Å². The maximum Gasteiger partial charge on any atom is 0.258 e. The first-order valence-electron chi connectivity index (χ1n) is 8.78. The van der Waals surface area contributed by atoms with Crippen LogP contribution >= 0.6 is 11.3 Å². The van der Waals surface area contributed by atoms with Crippen LogP contribution in [0.25, 0.3) is 0 Å². The van der Waals surface area contributed by atoms with E-state index >= 15 is 0 Å². The molecular formula is C21H21N3O3S. The molecule has 1 aromatic heterocycles. The summed E-state index contributed by atoms with van der Waals surface area (Å²) in [5.41, 5.74) is 3.42. The number of benzene rings is 2. The van der Waals surface area contributed by atoms with Crippen LogP contribution in [0.3, 0.4) is 0 Å². The van der Waals surface area contributed by atoms with E-state index in [1.54, 1.807) is 12.1 Å². The molecule has 3 rings (SSSR count). The van der Waals surface area contributed by atoms with Crippen molar-refractivity contribution >= 4 is 33.8 Å². The molecule has 0 aliphatic rings. The number of ketones is 1. The smallest absolute Gasteiger partial charge is 0.258 e. The lowest BCUT2D eigenvalue weighted by Gasteiger charge is -2.07. The average Bonchev–Trinajstić information content (AvgIpc) is 3.13.